The SMILES string of the molecule is COc1ccc(S(=O)(=O)c2c[nH]c3ccc(Br)cc23)cc1N1CCN(C(=O)C(Cl)(Cl)Cl)CC1. The second-order valence-corrected chi connectivity index (χ2v) is 12.6. The average molecular weight is 596 g/mol. The number of fused-ring (bicyclic) bond motifs is 1. The van der Waals surface area contributed by atoms with Gasteiger partial charge in [-0.05, 0) is 36.4 Å². The number of sulfone groups is 1. The Hall–Kier alpha value is -1.65. The van der Waals surface area contributed by atoms with Gasteiger partial charge in [-0.25, -0.2) is 8.42 Å². The minimum atomic E-state index is -3.82. The molecule has 33 heavy (non-hydrogen) atoms. The number of amides is 1. The number of hydrogen-bond acceptors (Lipinski definition) is 5. The number of piperazine rings is 1. The topological polar surface area (TPSA) is 82.7 Å². The molecule has 1 aliphatic heterocycles. The molecule has 0 atom stereocenters. The molecule has 3 aromatic rings. The van der Waals surface area contributed by atoms with Crippen molar-refractivity contribution in [3.63, 3.8) is 0 Å². The number of anilines is 1. The minimum Gasteiger partial charge on any atom is -0.495 e. The third-order valence-corrected chi connectivity index (χ3v) is 8.28. The Morgan fingerprint density at radius 1 is 1.09 bits per heavy atom. The molecule has 0 unspecified atom stereocenters. The maximum Gasteiger partial charge on any atom is 0.274 e. The highest BCUT2D eigenvalue weighted by Gasteiger charge is 2.37. The molecule has 0 radical (unpaired) electrons. The van der Waals surface area contributed by atoms with E-state index in [1.165, 1.54) is 24.3 Å². The van der Waals surface area contributed by atoms with Crippen molar-refractivity contribution in [2.24, 2.45) is 0 Å². The van der Waals surface area contributed by atoms with Gasteiger partial charge in [-0.3, -0.25) is 4.79 Å². The molecular weight excluding hydrogens is 577 g/mol. The van der Waals surface area contributed by atoms with Crippen LogP contribution in [0, 0.1) is 0 Å². The largest absolute Gasteiger partial charge is 0.495 e. The monoisotopic (exact) mass is 593 g/mol. The van der Waals surface area contributed by atoms with Crippen molar-refractivity contribution in [1.29, 1.82) is 0 Å². The van der Waals surface area contributed by atoms with Crippen molar-refractivity contribution in [3.05, 3.63) is 47.1 Å². The van der Waals surface area contributed by atoms with E-state index in [1.807, 2.05) is 17.0 Å². The zero-order valence-corrected chi connectivity index (χ0v) is 22.0. The Balaban J connectivity index is 1.66. The normalized spacial score (nSPS) is 15.2. The Morgan fingerprint density at radius 2 is 1.79 bits per heavy atom. The predicted molar refractivity (Wildman–Crippen MR) is 134 cm³/mol. The van der Waals surface area contributed by atoms with E-state index < -0.39 is 19.5 Å². The van der Waals surface area contributed by atoms with Gasteiger partial charge in [-0.2, -0.15) is 0 Å². The number of methoxy groups -OCH3 is 1. The molecule has 12 heteroatoms. The van der Waals surface area contributed by atoms with E-state index in [-0.39, 0.29) is 9.79 Å². The van der Waals surface area contributed by atoms with Gasteiger partial charge < -0.3 is 19.5 Å². The lowest BCUT2D eigenvalue weighted by Gasteiger charge is -2.37. The third kappa shape index (κ3) is 4.79. The van der Waals surface area contributed by atoms with Crippen molar-refractivity contribution in [3.8, 4) is 5.75 Å². The number of rotatable bonds is 4. The van der Waals surface area contributed by atoms with Crippen LogP contribution in [-0.2, 0) is 14.6 Å². The number of aromatic amines is 1. The minimum absolute atomic E-state index is 0.138. The number of benzene rings is 2. The van der Waals surface area contributed by atoms with E-state index >= 15 is 0 Å². The van der Waals surface area contributed by atoms with Crippen LogP contribution in [0.1, 0.15) is 0 Å². The van der Waals surface area contributed by atoms with Gasteiger partial charge in [0.1, 0.15) is 5.75 Å². The second-order valence-electron chi connectivity index (χ2n) is 7.46. The quantitative estimate of drug-likeness (QED) is 0.439. The molecule has 0 spiro atoms. The van der Waals surface area contributed by atoms with Crippen LogP contribution < -0.4 is 9.64 Å². The van der Waals surface area contributed by atoms with Gasteiger partial charge in [-0.1, -0.05) is 50.7 Å². The number of alkyl halides is 3. The zero-order chi connectivity index (χ0) is 24.0. The third-order valence-electron chi connectivity index (χ3n) is 5.51. The summed E-state index contributed by atoms with van der Waals surface area (Å²) in [7, 11) is -2.30. The summed E-state index contributed by atoms with van der Waals surface area (Å²) in [5, 5.41) is 0.598. The summed E-state index contributed by atoms with van der Waals surface area (Å²) in [4.78, 5) is 19.0. The molecule has 1 fully saturated rings. The lowest BCUT2D eigenvalue weighted by Crippen LogP contribution is -2.51. The summed E-state index contributed by atoms with van der Waals surface area (Å²) in [6, 6.07) is 10.2. The molecule has 1 amide bonds. The number of H-pyrrole nitrogens is 1. The van der Waals surface area contributed by atoms with Crippen LogP contribution in [0.4, 0.5) is 5.69 Å². The van der Waals surface area contributed by atoms with Crippen LogP contribution in [0.3, 0.4) is 0 Å². The highest BCUT2D eigenvalue weighted by atomic mass is 79.9. The molecule has 0 bridgehead atoms. The van der Waals surface area contributed by atoms with Crippen molar-refractivity contribution in [2.75, 3.05) is 38.2 Å². The molecule has 0 saturated carbocycles. The molecule has 1 aliphatic rings. The van der Waals surface area contributed by atoms with Crippen molar-refractivity contribution in [2.45, 2.75) is 13.6 Å². The molecule has 7 nitrogen and oxygen atoms in total. The molecule has 2 aromatic carbocycles. The maximum absolute atomic E-state index is 13.5. The summed E-state index contributed by atoms with van der Waals surface area (Å²) in [6.07, 6.45) is 1.50. The molecule has 1 aromatic heterocycles. The van der Waals surface area contributed by atoms with Crippen LogP contribution in [-0.4, -0.2) is 61.3 Å². The highest BCUT2D eigenvalue weighted by molar-refractivity contribution is 9.10. The zero-order valence-electron chi connectivity index (χ0n) is 17.3. The molecule has 0 aliphatic carbocycles. The van der Waals surface area contributed by atoms with E-state index in [2.05, 4.69) is 20.9 Å². The van der Waals surface area contributed by atoms with Crippen LogP contribution in [0.15, 0.2) is 56.9 Å². The summed E-state index contributed by atoms with van der Waals surface area (Å²) >= 11 is 20.6. The highest BCUT2D eigenvalue weighted by Crippen LogP contribution is 2.36. The number of carbonyl (C=O) groups excluding carboxylic acids is 1. The lowest BCUT2D eigenvalue weighted by molar-refractivity contribution is -0.130. The van der Waals surface area contributed by atoms with E-state index in [0.29, 0.717) is 43.0 Å². The fraction of sp³-hybridized carbons (Fsp3) is 0.286. The Morgan fingerprint density at radius 3 is 2.42 bits per heavy atom. The molecule has 1 saturated heterocycles. The van der Waals surface area contributed by atoms with Crippen LogP contribution in [0.5, 0.6) is 5.75 Å². The van der Waals surface area contributed by atoms with E-state index in [1.54, 1.807) is 18.2 Å². The van der Waals surface area contributed by atoms with Gasteiger partial charge in [0.15, 0.2) is 0 Å². The van der Waals surface area contributed by atoms with Crippen LogP contribution >= 0.6 is 50.7 Å². The summed E-state index contributed by atoms with van der Waals surface area (Å²) in [6.45, 7) is 1.49. The lowest BCUT2D eigenvalue weighted by atomic mass is 10.2. The first kappa shape index (κ1) is 24.5. The van der Waals surface area contributed by atoms with Gasteiger partial charge in [-0.15, -0.1) is 0 Å². The van der Waals surface area contributed by atoms with Gasteiger partial charge in [0.05, 0.1) is 22.6 Å². The summed E-state index contributed by atoms with van der Waals surface area (Å²) in [5.74, 6) is -0.0577. The summed E-state index contributed by atoms with van der Waals surface area (Å²) < 4.78 is 31.3. The fourth-order valence-electron chi connectivity index (χ4n) is 3.83. The van der Waals surface area contributed by atoms with E-state index in [9.17, 15) is 13.2 Å². The van der Waals surface area contributed by atoms with Gasteiger partial charge in [0.25, 0.3) is 9.70 Å². The van der Waals surface area contributed by atoms with Crippen molar-refractivity contribution in [1.82, 2.24) is 9.88 Å². The number of carbonyl (C=O) groups is 1. The first-order valence-corrected chi connectivity index (χ1v) is 13.2. The molecule has 1 N–H and O–H groups in total. The maximum atomic E-state index is 13.5. The van der Waals surface area contributed by atoms with Gasteiger partial charge in [0, 0.05) is 47.8 Å². The Bertz CT molecular complexity index is 1320. The summed E-state index contributed by atoms with van der Waals surface area (Å²) in [5.41, 5.74) is 1.33. The van der Waals surface area contributed by atoms with Crippen molar-refractivity contribution < 1.29 is 17.9 Å². The number of hydrogen-bond donors (Lipinski definition) is 1. The second kappa shape index (κ2) is 9.19. The molecule has 176 valence electrons. The van der Waals surface area contributed by atoms with Crippen molar-refractivity contribution >= 4 is 83.1 Å². The van der Waals surface area contributed by atoms with E-state index in [0.717, 1.165) is 9.99 Å². The average Bonchev–Trinajstić information content (AvgIpc) is 3.21. The molecule has 4 rings (SSSR count). The smallest absolute Gasteiger partial charge is 0.274 e. The standard InChI is InChI=1S/C21H19BrCl3N3O4S/c1-32-18-5-3-14(33(30,31)19-12-26-16-4-2-13(22)10-15(16)19)11-17(18)27-6-8-28(9-7-27)20(29)21(23,24)25/h2-5,10-12,26H,6-9H2,1H3. The first-order valence-electron chi connectivity index (χ1n) is 9.83. The van der Waals surface area contributed by atoms with Crippen LogP contribution in [0.2, 0.25) is 0 Å². The van der Waals surface area contributed by atoms with Crippen LogP contribution in [0.25, 0.3) is 10.9 Å². The predicted octanol–water partition coefficient (Wildman–Crippen LogP) is 4.79. The Kier molecular flexibility index (Phi) is 6.81. The number of halogens is 4. The Labute approximate surface area is 214 Å². The van der Waals surface area contributed by atoms with Gasteiger partial charge in [0.2, 0.25) is 9.84 Å². The molecular formula is C21H19BrCl3N3O4S. The number of nitrogens with one attached hydrogen (secondary N) is 1. The molecule has 2 heterocycles. The van der Waals surface area contributed by atoms with E-state index in [4.69, 9.17) is 39.5 Å². The number of aromatic nitrogens is 1. The number of ether oxygens (including phenoxy) is 1. The number of nitrogens with zero attached hydrogens (tertiary/aromatic N) is 2. The first-order chi connectivity index (χ1) is 15.5. The van der Waals surface area contributed by atoms with Gasteiger partial charge >= 0.3 is 0 Å². The fourth-order valence-corrected chi connectivity index (χ4v) is 5.99.